The highest BCUT2D eigenvalue weighted by atomic mass is 32.2. The molecule has 1 aromatic carbocycles. The van der Waals surface area contributed by atoms with Crippen LogP contribution in [-0.2, 0) is 4.84 Å². The Balaban J connectivity index is 2.29. The quantitative estimate of drug-likeness (QED) is 0.705. The highest BCUT2D eigenvalue weighted by molar-refractivity contribution is 7.99. The van der Waals surface area contributed by atoms with Crippen LogP contribution in [0, 0.1) is 0 Å². The summed E-state index contributed by atoms with van der Waals surface area (Å²) in [7, 11) is 0. The van der Waals surface area contributed by atoms with E-state index in [9.17, 15) is 5.11 Å². The van der Waals surface area contributed by atoms with Crippen molar-refractivity contribution in [2.45, 2.75) is 10.8 Å². The minimum atomic E-state index is 0.309. The molecule has 3 nitrogen and oxygen atoms in total. The molecule has 1 atom stereocenters. The lowest BCUT2D eigenvalue weighted by Crippen LogP contribution is -2.10. The molecule has 1 aliphatic heterocycles. The third-order valence-corrected chi connectivity index (χ3v) is 3.42. The van der Waals surface area contributed by atoms with E-state index in [2.05, 4.69) is 4.84 Å². The van der Waals surface area contributed by atoms with Gasteiger partial charge in [0, 0.05) is 16.6 Å². The van der Waals surface area contributed by atoms with Gasteiger partial charge in [0.15, 0.2) is 0 Å². The molecular formula is C9H11NO2S. The Morgan fingerprint density at radius 3 is 3.23 bits per heavy atom. The van der Waals surface area contributed by atoms with Crippen molar-refractivity contribution < 1.29 is 9.94 Å². The van der Waals surface area contributed by atoms with E-state index in [1.165, 1.54) is 4.90 Å². The molecule has 0 spiro atoms. The number of benzene rings is 1. The van der Waals surface area contributed by atoms with E-state index >= 15 is 0 Å². The fourth-order valence-electron chi connectivity index (χ4n) is 1.52. The molecule has 0 radical (unpaired) electrons. The molecular weight excluding hydrogens is 186 g/mol. The highest BCUT2D eigenvalue weighted by Crippen LogP contribution is 2.40. The normalized spacial score (nSPS) is 20.2. The Morgan fingerprint density at radius 1 is 1.62 bits per heavy atom. The molecule has 0 saturated heterocycles. The van der Waals surface area contributed by atoms with Gasteiger partial charge in [-0.2, -0.15) is 0 Å². The van der Waals surface area contributed by atoms with Gasteiger partial charge in [-0.25, -0.2) is 5.90 Å². The summed E-state index contributed by atoms with van der Waals surface area (Å²) in [5, 5.41) is 9.30. The van der Waals surface area contributed by atoms with E-state index in [1.807, 2.05) is 6.07 Å². The average molecular weight is 197 g/mol. The van der Waals surface area contributed by atoms with Crippen molar-refractivity contribution in [3.63, 3.8) is 0 Å². The lowest BCUT2D eigenvalue weighted by molar-refractivity contribution is 0.128. The number of aromatic hydroxyl groups is 1. The Labute approximate surface area is 80.8 Å². The zero-order valence-corrected chi connectivity index (χ0v) is 7.88. The summed E-state index contributed by atoms with van der Waals surface area (Å²) in [5.41, 5.74) is 1.15. The molecule has 70 valence electrons. The van der Waals surface area contributed by atoms with Crippen LogP contribution < -0.4 is 5.90 Å². The van der Waals surface area contributed by atoms with E-state index in [-0.39, 0.29) is 0 Å². The van der Waals surface area contributed by atoms with Crippen LogP contribution in [0.2, 0.25) is 0 Å². The monoisotopic (exact) mass is 197 g/mol. The number of hydrogen-bond donors (Lipinski definition) is 2. The molecule has 1 aliphatic rings. The van der Waals surface area contributed by atoms with Gasteiger partial charge in [0.05, 0.1) is 6.61 Å². The second-order valence-corrected chi connectivity index (χ2v) is 4.13. The van der Waals surface area contributed by atoms with Gasteiger partial charge < -0.3 is 9.94 Å². The summed E-state index contributed by atoms with van der Waals surface area (Å²) < 4.78 is 0. The molecule has 0 bridgehead atoms. The summed E-state index contributed by atoms with van der Waals surface area (Å²) in [5.74, 6) is 6.64. The van der Waals surface area contributed by atoms with Gasteiger partial charge in [-0.3, -0.25) is 0 Å². The van der Waals surface area contributed by atoms with Gasteiger partial charge in [-0.15, -0.1) is 11.8 Å². The van der Waals surface area contributed by atoms with E-state index in [1.54, 1.807) is 23.9 Å². The van der Waals surface area contributed by atoms with Crippen molar-refractivity contribution in [1.82, 2.24) is 0 Å². The number of nitrogens with two attached hydrogens (primary N) is 1. The number of phenolic OH excluding ortho intramolecular Hbond substituents is 1. The van der Waals surface area contributed by atoms with Crippen molar-refractivity contribution in [1.29, 1.82) is 0 Å². The molecule has 0 fully saturated rings. The number of hydrogen-bond acceptors (Lipinski definition) is 4. The minimum Gasteiger partial charge on any atom is -0.508 e. The first-order chi connectivity index (χ1) is 6.31. The van der Waals surface area contributed by atoms with Gasteiger partial charge >= 0.3 is 0 Å². The lowest BCUT2D eigenvalue weighted by atomic mass is 10.0. The van der Waals surface area contributed by atoms with Crippen LogP contribution in [-0.4, -0.2) is 17.5 Å². The van der Waals surface area contributed by atoms with Crippen LogP contribution in [0.25, 0.3) is 0 Å². The maximum absolute atomic E-state index is 9.30. The summed E-state index contributed by atoms with van der Waals surface area (Å²) in [6, 6.07) is 5.43. The first-order valence-corrected chi connectivity index (χ1v) is 5.07. The number of fused-ring (bicyclic) bond motifs is 1. The molecule has 0 aliphatic carbocycles. The maximum atomic E-state index is 9.30. The molecule has 4 heteroatoms. The van der Waals surface area contributed by atoms with Crippen LogP contribution in [0.1, 0.15) is 11.5 Å². The van der Waals surface area contributed by atoms with E-state index in [0.29, 0.717) is 18.3 Å². The average Bonchev–Trinajstić information content (AvgIpc) is 2.49. The Hall–Kier alpha value is -0.710. The van der Waals surface area contributed by atoms with E-state index < -0.39 is 0 Å². The standard InChI is InChI=1S/C9H11NO2S/c10-12-4-6-5-13-9-2-1-7(11)3-8(6)9/h1-3,6,11H,4-5,10H2. The SMILES string of the molecule is NOCC1CSc2ccc(O)cc21. The van der Waals surface area contributed by atoms with Gasteiger partial charge in [0.25, 0.3) is 0 Å². The van der Waals surface area contributed by atoms with Crippen LogP contribution in [0.5, 0.6) is 5.75 Å². The first-order valence-electron chi connectivity index (χ1n) is 4.08. The molecule has 0 aromatic heterocycles. The lowest BCUT2D eigenvalue weighted by Gasteiger charge is -2.08. The number of phenols is 1. The third-order valence-electron chi connectivity index (χ3n) is 2.17. The molecule has 13 heavy (non-hydrogen) atoms. The number of rotatable bonds is 2. The molecule has 1 aromatic rings. The first kappa shape index (κ1) is 8.87. The van der Waals surface area contributed by atoms with Crippen molar-refractivity contribution >= 4 is 11.8 Å². The summed E-state index contributed by atoms with van der Waals surface area (Å²) in [6.45, 7) is 0.517. The maximum Gasteiger partial charge on any atom is 0.115 e. The third kappa shape index (κ3) is 1.65. The van der Waals surface area contributed by atoms with Crippen LogP contribution in [0.3, 0.4) is 0 Å². The van der Waals surface area contributed by atoms with Crippen molar-refractivity contribution in [2.24, 2.45) is 5.90 Å². The summed E-state index contributed by atoms with van der Waals surface area (Å²) >= 11 is 1.78. The molecule has 1 heterocycles. The fraction of sp³-hybridized carbons (Fsp3) is 0.333. The van der Waals surface area contributed by atoms with Crippen LogP contribution in [0.4, 0.5) is 0 Å². The topological polar surface area (TPSA) is 55.5 Å². The molecule has 1 unspecified atom stereocenters. The van der Waals surface area contributed by atoms with E-state index in [0.717, 1.165) is 11.3 Å². The van der Waals surface area contributed by atoms with Crippen LogP contribution in [0.15, 0.2) is 23.1 Å². The van der Waals surface area contributed by atoms with Gasteiger partial charge in [0.2, 0.25) is 0 Å². The highest BCUT2D eigenvalue weighted by Gasteiger charge is 2.23. The van der Waals surface area contributed by atoms with Gasteiger partial charge in [-0.05, 0) is 23.8 Å². The fourth-order valence-corrected chi connectivity index (χ4v) is 2.73. The number of thioether (sulfide) groups is 1. The molecule has 0 amide bonds. The van der Waals surface area contributed by atoms with Gasteiger partial charge in [0.1, 0.15) is 5.75 Å². The Morgan fingerprint density at radius 2 is 2.46 bits per heavy atom. The van der Waals surface area contributed by atoms with Gasteiger partial charge in [-0.1, -0.05) is 0 Å². The smallest absolute Gasteiger partial charge is 0.115 e. The zero-order chi connectivity index (χ0) is 9.26. The predicted molar refractivity (Wildman–Crippen MR) is 51.7 cm³/mol. The summed E-state index contributed by atoms with van der Waals surface area (Å²) in [4.78, 5) is 5.85. The second-order valence-electron chi connectivity index (χ2n) is 3.06. The van der Waals surface area contributed by atoms with E-state index in [4.69, 9.17) is 5.90 Å². The molecule has 3 N–H and O–H groups in total. The van der Waals surface area contributed by atoms with Crippen molar-refractivity contribution in [3.8, 4) is 5.75 Å². The molecule has 2 rings (SSSR count). The minimum absolute atomic E-state index is 0.309. The summed E-state index contributed by atoms with van der Waals surface area (Å²) in [6.07, 6.45) is 0. The second kappa shape index (κ2) is 3.57. The van der Waals surface area contributed by atoms with Crippen molar-refractivity contribution in [3.05, 3.63) is 23.8 Å². The predicted octanol–water partition coefficient (Wildman–Crippen LogP) is 1.47. The molecule has 0 saturated carbocycles. The van der Waals surface area contributed by atoms with Crippen molar-refractivity contribution in [2.75, 3.05) is 12.4 Å². The Kier molecular flexibility index (Phi) is 2.44. The largest absolute Gasteiger partial charge is 0.508 e. The van der Waals surface area contributed by atoms with Crippen LogP contribution >= 0.6 is 11.8 Å². The zero-order valence-electron chi connectivity index (χ0n) is 7.06. The Bertz CT molecular complexity index is 314.